The van der Waals surface area contributed by atoms with Gasteiger partial charge in [0.05, 0.1) is 12.5 Å². The number of hydrogen-bond acceptors (Lipinski definition) is 3. The van der Waals surface area contributed by atoms with Gasteiger partial charge < -0.3 is 15.3 Å². The van der Waals surface area contributed by atoms with E-state index in [1.165, 1.54) is 238 Å². The fraction of sp³-hybridized carbons (Fsp3) is 0.964. The molecule has 0 aromatic rings. The van der Waals surface area contributed by atoms with E-state index in [4.69, 9.17) is 0 Å². The second kappa shape index (κ2) is 50.5. The number of hydrogen-bond donors (Lipinski definition) is 2. The molecular formula is C55H110N2O3. The molecule has 5 nitrogen and oxygen atoms in total. The van der Waals surface area contributed by atoms with Crippen LogP contribution in [0.3, 0.4) is 0 Å². The van der Waals surface area contributed by atoms with E-state index in [-0.39, 0.29) is 11.8 Å². The maximum absolute atomic E-state index is 13.4. The zero-order chi connectivity index (χ0) is 43.7. The number of aliphatic carboxylic acids is 1. The highest BCUT2D eigenvalue weighted by atomic mass is 16.4. The van der Waals surface area contributed by atoms with Gasteiger partial charge >= 0.3 is 5.97 Å². The van der Waals surface area contributed by atoms with Gasteiger partial charge in [-0.3, -0.25) is 9.59 Å². The van der Waals surface area contributed by atoms with Crippen LogP contribution in [0.15, 0.2) is 0 Å². The summed E-state index contributed by atoms with van der Waals surface area (Å²) in [5.74, 6) is -0.590. The van der Waals surface area contributed by atoms with Crippen molar-refractivity contribution in [3.8, 4) is 0 Å². The molecule has 60 heavy (non-hydrogen) atoms. The Hall–Kier alpha value is -1.10. The summed E-state index contributed by atoms with van der Waals surface area (Å²) in [5.41, 5.74) is 0. The smallest absolute Gasteiger partial charge is 0.306 e. The zero-order valence-corrected chi connectivity index (χ0v) is 41.4. The van der Waals surface area contributed by atoms with Gasteiger partial charge in [-0.25, -0.2) is 0 Å². The number of nitrogens with one attached hydrogen (secondary N) is 1. The largest absolute Gasteiger partial charge is 0.481 e. The van der Waals surface area contributed by atoms with Crippen LogP contribution in [0.2, 0.25) is 0 Å². The van der Waals surface area contributed by atoms with E-state index >= 15 is 0 Å². The molecular weight excluding hydrogens is 737 g/mol. The predicted molar refractivity (Wildman–Crippen MR) is 265 cm³/mol. The Morgan fingerprint density at radius 3 is 0.900 bits per heavy atom. The van der Waals surface area contributed by atoms with Crippen molar-refractivity contribution in [2.75, 3.05) is 26.2 Å². The van der Waals surface area contributed by atoms with Crippen molar-refractivity contribution in [2.45, 2.75) is 310 Å². The molecule has 0 fully saturated rings. The summed E-state index contributed by atoms with van der Waals surface area (Å²) in [6.45, 7) is 9.86. The van der Waals surface area contributed by atoms with Crippen molar-refractivity contribution in [3.05, 3.63) is 0 Å². The second-order valence-electron chi connectivity index (χ2n) is 19.3. The lowest BCUT2D eigenvalue weighted by atomic mass is 9.95. The number of unbranched alkanes of at least 4 members (excludes halogenated alkanes) is 39. The molecule has 0 heterocycles. The van der Waals surface area contributed by atoms with Crippen LogP contribution in [0.1, 0.15) is 310 Å². The Labute approximate surface area is 377 Å². The number of rotatable bonds is 52. The second-order valence-corrected chi connectivity index (χ2v) is 19.3. The highest BCUT2D eigenvalue weighted by Crippen LogP contribution is 2.20. The summed E-state index contributed by atoms with van der Waals surface area (Å²) in [5, 5.41) is 13.2. The van der Waals surface area contributed by atoms with Crippen LogP contribution >= 0.6 is 0 Å². The predicted octanol–water partition coefficient (Wildman–Crippen LogP) is 17.7. The van der Waals surface area contributed by atoms with E-state index in [9.17, 15) is 14.7 Å². The lowest BCUT2D eigenvalue weighted by molar-refractivity contribution is -0.142. The number of carboxylic acid groups (broad SMARTS) is 1. The fourth-order valence-corrected chi connectivity index (χ4v) is 9.10. The number of carboxylic acids is 1. The molecule has 0 aliphatic rings. The lowest BCUT2D eigenvalue weighted by Crippen LogP contribution is -2.39. The van der Waals surface area contributed by atoms with Crippen molar-refractivity contribution >= 4 is 11.9 Å². The zero-order valence-electron chi connectivity index (χ0n) is 41.4. The average Bonchev–Trinajstić information content (AvgIpc) is 3.24. The first kappa shape index (κ1) is 58.9. The van der Waals surface area contributed by atoms with Crippen molar-refractivity contribution in [2.24, 2.45) is 5.92 Å². The molecule has 0 aliphatic carbocycles. The molecule has 1 unspecified atom stereocenters. The third-order valence-electron chi connectivity index (χ3n) is 13.4. The minimum Gasteiger partial charge on any atom is -0.481 e. The quantitative estimate of drug-likeness (QED) is 0.0598. The Kier molecular flexibility index (Phi) is 49.6. The summed E-state index contributed by atoms with van der Waals surface area (Å²) >= 11 is 0. The van der Waals surface area contributed by atoms with Crippen molar-refractivity contribution in [1.29, 1.82) is 0 Å². The van der Waals surface area contributed by atoms with Crippen molar-refractivity contribution in [3.63, 3.8) is 0 Å². The van der Waals surface area contributed by atoms with E-state index in [2.05, 4.69) is 31.0 Å². The van der Waals surface area contributed by atoms with E-state index in [0.29, 0.717) is 6.54 Å². The molecule has 0 aliphatic heterocycles. The Morgan fingerprint density at radius 2 is 0.617 bits per heavy atom. The van der Waals surface area contributed by atoms with E-state index in [1.807, 2.05) is 0 Å². The molecule has 2 N–H and O–H groups in total. The highest BCUT2D eigenvalue weighted by Gasteiger charge is 2.17. The molecule has 1 atom stereocenters. The van der Waals surface area contributed by atoms with Crippen molar-refractivity contribution < 1.29 is 14.7 Å². The molecule has 5 heteroatoms. The fourth-order valence-electron chi connectivity index (χ4n) is 9.10. The third-order valence-corrected chi connectivity index (χ3v) is 13.4. The molecule has 0 aromatic heterocycles. The van der Waals surface area contributed by atoms with Crippen LogP contribution < -0.4 is 5.32 Å². The summed E-state index contributed by atoms with van der Waals surface area (Å²) in [6, 6.07) is 0. The van der Waals surface area contributed by atoms with Crippen LogP contribution in [-0.2, 0) is 9.59 Å². The van der Waals surface area contributed by atoms with Gasteiger partial charge in [0.15, 0.2) is 0 Å². The minimum atomic E-state index is -0.628. The molecule has 0 saturated carbocycles. The van der Waals surface area contributed by atoms with E-state index in [1.54, 1.807) is 0 Å². The summed E-state index contributed by atoms with van der Waals surface area (Å²) in [4.78, 5) is 27.5. The monoisotopic (exact) mass is 847 g/mol. The topological polar surface area (TPSA) is 69.6 Å². The van der Waals surface area contributed by atoms with Crippen LogP contribution in [0.4, 0.5) is 0 Å². The van der Waals surface area contributed by atoms with Gasteiger partial charge in [0.2, 0.25) is 5.91 Å². The number of carbonyl (C=O) groups is 2. The summed E-state index contributed by atoms with van der Waals surface area (Å²) < 4.78 is 0. The van der Waals surface area contributed by atoms with Crippen LogP contribution in [0, 0.1) is 5.92 Å². The first-order valence-corrected chi connectivity index (χ1v) is 27.8. The van der Waals surface area contributed by atoms with Gasteiger partial charge in [-0.05, 0) is 38.6 Å². The third kappa shape index (κ3) is 44.9. The molecule has 1 amide bonds. The SMILES string of the molecule is CCCCCCCCCCCCCCCCCCN(CCCCCCCCCCCCCCCCCC)C(=O)CNCCCCC(CCCCCCCCCCC)C(=O)O. The molecule has 358 valence electrons. The maximum Gasteiger partial charge on any atom is 0.306 e. The van der Waals surface area contributed by atoms with Crippen molar-refractivity contribution in [1.82, 2.24) is 10.2 Å². The molecule has 0 aromatic carbocycles. The number of carbonyl (C=O) groups excluding carboxylic acids is 1. The van der Waals surface area contributed by atoms with E-state index < -0.39 is 5.97 Å². The maximum atomic E-state index is 13.4. The average molecular weight is 847 g/mol. The lowest BCUT2D eigenvalue weighted by Gasteiger charge is -2.23. The van der Waals surface area contributed by atoms with Gasteiger partial charge in [-0.2, -0.15) is 0 Å². The Bertz CT molecular complexity index is 814. The molecule has 0 saturated heterocycles. The van der Waals surface area contributed by atoms with Gasteiger partial charge in [0.25, 0.3) is 0 Å². The Balaban J connectivity index is 4.31. The first-order chi connectivity index (χ1) is 29.6. The Morgan fingerprint density at radius 1 is 0.367 bits per heavy atom. The molecule has 0 rings (SSSR count). The van der Waals surface area contributed by atoms with Crippen LogP contribution in [0.25, 0.3) is 0 Å². The number of amides is 1. The molecule has 0 spiro atoms. The van der Waals surface area contributed by atoms with Gasteiger partial charge in [0, 0.05) is 13.1 Å². The summed E-state index contributed by atoms with van der Waals surface area (Å²) in [6.07, 6.45) is 58.7. The van der Waals surface area contributed by atoms with E-state index in [0.717, 1.165) is 71.0 Å². The van der Waals surface area contributed by atoms with Gasteiger partial charge in [-0.1, -0.05) is 278 Å². The first-order valence-electron chi connectivity index (χ1n) is 27.8. The standard InChI is InChI=1S/C55H110N2O3/c1-4-7-10-13-16-19-21-23-25-27-29-31-34-37-40-45-50-57(51-46-41-38-35-32-30-28-26-24-22-20-17-14-11-8-5-2)54(58)52-56-49-44-43-48-53(55(59)60)47-42-39-36-33-18-15-12-9-6-3/h53,56H,4-52H2,1-3H3,(H,59,60). The summed E-state index contributed by atoms with van der Waals surface area (Å²) in [7, 11) is 0. The molecule has 0 radical (unpaired) electrons. The normalized spacial score (nSPS) is 12.1. The minimum absolute atomic E-state index is 0.217. The molecule has 0 bridgehead atoms. The van der Waals surface area contributed by atoms with Crippen LogP contribution in [0.5, 0.6) is 0 Å². The number of nitrogens with zero attached hydrogens (tertiary/aromatic N) is 1. The highest BCUT2D eigenvalue weighted by molar-refractivity contribution is 5.78. The van der Waals surface area contributed by atoms with Gasteiger partial charge in [-0.15, -0.1) is 0 Å². The van der Waals surface area contributed by atoms with Crippen LogP contribution in [-0.4, -0.2) is 48.1 Å². The van der Waals surface area contributed by atoms with Gasteiger partial charge in [0.1, 0.15) is 0 Å².